The van der Waals surface area contributed by atoms with Crippen LogP contribution in [-0.2, 0) is 0 Å². The average Bonchev–Trinajstić information content (AvgIpc) is 2.47. The zero-order chi connectivity index (χ0) is 14.1. The van der Waals surface area contributed by atoms with Crippen LogP contribution >= 0.6 is 0 Å². The summed E-state index contributed by atoms with van der Waals surface area (Å²) < 4.78 is 11.0. The van der Waals surface area contributed by atoms with Gasteiger partial charge in [-0.3, -0.25) is 0 Å². The van der Waals surface area contributed by atoms with Crippen molar-refractivity contribution in [2.75, 3.05) is 26.9 Å². The van der Waals surface area contributed by atoms with Crippen LogP contribution in [0.1, 0.15) is 26.2 Å². The largest absolute Gasteiger partial charge is 0.493 e. The van der Waals surface area contributed by atoms with E-state index >= 15 is 0 Å². The lowest BCUT2D eigenvalue weighted by Gasteiger charge is -2.30. The van der Waals surface area contributed by atoms with Crippen molar-refractivity contribution in [3.63, 3.8) is 0 Å². The number of ether oxygens (including phenoxy) is 2. The second-order valence-electron chi connectivity index (χ2n) is 4.86. The van der Waals surface area contributed by atoms with Crippen molar-refractivity contribution >= 4 is 0 Å². The predicted molar refractivity (Wildman–Crippen MR) is 76.6 cm³/mol. The molecule has 0 heterocycles. The molecule has 0 fully saturated rings. The molecular weight excluding hydrogens is 242 g/mol. The zero-order valence-corrected chi connectivity index (χ0v) is 11.9. The summed E-state index contributed by atoms with van der Waals surface area (Å²) in [5, 5.41) is 9.55. The first kappa shape index (κ1) is 15.8. The molecule has 0 aliphatic rings. The standard InChI is InChI=1S/C15H25NO3/c1-3-8-15(11-16,12-17)9-10-19-14-7-5-4-6-13(14)18-2/h4-7,17H,3,8-12,16H2,1-2H3. The minimum absolute atomic E-state index is 0.104. The van der Waals surface area contributed by atoms with Gasteiger partial charge in [-0.15, -0.1) is 0 Å². The molecule has 0 saturated carbocycles. The van der Waals surface area contributed by atoms with E-state index in [2.05, 4.69) is 6.92 Å². The van der Waals surface area contributed by atoms with Gasteiger partial charge >= 0.3 is 0 Å². The van der Waals surface area contributed by atoms with Crippen LogP contribution in [0, 0.1) is 5.41 Å². The third-order valence-corrected chi connectivity index (χ3v) is 3.51. The number of methoxy groups -OCH3 is 1. The number of aliphatic hydroxyl groups excluding tert-OH is 1. The van der Waals surface area contributed by atoms with E-state index in [1.54, 1.807) is 7.11 Å². The highest BCUT2D eigenvalue weighted by molar-refractivity contribution is 5.39. The molecule has 4 heteroatoms. The fourth-order valence-electron chi connectivity index (χ4n) is 2.20. The summed E-state index contributed by atoms with van der Waals surface area (Å²) in [7, 11) is 1.62. The number of hydrogen-bond donors (Lipinski definition) is 2. The lowest BCUT2D eigenvalue weighted by Crippen LogP contribution is -2.35. The first-order chi connectivity index (χ1) is 9.21. The molecule has 0 aliphatic heterocycles. The Labute approximate surface area is 115 Å². The van der Waals surface area contributed by atoms with Crippen LogP contribution in [0.25, 0.3) is 0 Å². The average molecular weight is 267 g/mol. The Kier molecular flexibility index (Phi) is 6.67. The molecule has 0 saturated heterocycles. The Morgan fingerprint density at radius 3 is 2.42 bits per heavy atom. The van der Waals surface area contributed by atoms with E-state index in [1.165, 1.54) is 0 Å². The van der Waals surface area contributed by atoms with Gasteiger partial charge in [0.15, 0.2) is 11.5 Å². The van der Waals surface area contributed by atoms with Gasteiger partial charge in [0.1, 0.15) is 0 Å². The minimum Gasteiger partial charge on any atom is -0.493 e. The Balaban J connectivity index is 2.56. The maximum absolute atomic E-state index is 9.55. The molecule has 1 atom stereocenters. The molecule has 0 amide bonds. The van der Waals surface area contributed by atoms with Crippen LogP contribution in [-0.4, -0.2) is 32.0 Å². The molecule has 1 rings (SSSR count). The van der Waals surface area contributed by atoms with Gasteiger partial charge in [0.2, 0.25) is 0 Å². The molecule has 1 aromatic carbocycles. The van der Waals surface area contributed by atoms with Crippen LogP contribution in [0.4, 0.5) is 0 Å². The van der Waals surface area contributed by atoms with Gasteiger partial charge in [-0.2, -0.15) is 0 Å². The lowest BCUT2D eigenvalue weighted by molar-refractivity contribution is 0.0923. The van der Waals surface area contributed by atoms with Crippen LogP contribution in [0.3, 0.4) is 0 Å². The van der Waals surface area contributed by atoms with Crippen LogP contribution in [0.2, 0.25) is 0 Å². The fraction of sp³-hybridized carbons (Fsp3) is 0.600. The number of hydrogen-bond acceptors (Lipinski definition) is 4. The molecule has 1 aromatic rings. The maximum Gasteiger partial charge on any atom is 0.161 e. The highest BCUT2D eigenvalue weighted by atomic mass is 16.5. The van der Waals surface area contributed by atoms with Gasteiger partial charge in [-0.1, -0.05) is 25.5 Å². The topological polar surface area (TPSA) is 64.7 Å². The molecular formula is C15H25NO3. The van der Waals surface area contributed by atoms with Crippen molar-refractivity contribution < 1.29 is 14.6 Å². The quantitative estimate of drug-likeness (QED) is 0.720. The van der Waals surface area contributed by atoms with Crippen LogP contribution in [0.15, 0.2) is 24.3 Å². The highest BCUT2D eigenvalue weighted by Crippen LogP contribution is 2.29. The summed E-state index contributed by atoms with van der Waals surface area (Å²) in [6.45, 7) is 3.21. The van der Waals surface area contributed by atoms with Crippen molar-refractivity contribution in [1.29, 1.82) is 0 Å². The Hall–Kier alpha value is -1.26. The molecule has 3 N–H and O–H groups in total. The van der Waals surface area contributed by atoms with Gasteiger partial charge < -0.3 is 20.3 Å². The van der Waals surface area contributed by atoms with Crippen molar-refractivity contribution in [3.8, 4) is 11.5 Å². The number of rotatable bonds is 9. The van der Waals surface area contributed by atoms with Crippen molar-refractivity contribution in [3.05, 3.63) is 24.3 Å². The molecule has 0 aliphatic carbocycles. The zero-order valence-electron chi connectivity index (χ0n) is 11.9. The molecule has 19 heavy (non-hydrogen) atoms. The van der Waals surface area contributed by atoms with Crippen LogP contribution < -0.4 is 15.2 Å². The van der Waals surface area contributed by atoms with Crippen molar-refractivity contribution in [2.24, 2.45) is 11.1 Å². The summed E-state index contributed by atoms with van der Waals surface area (Å²) in [5.41, 5.74) is 5.57. The van der Waals surface area contributed by atoms with E-state index in [0.717, 1.165) is 30.8 Å². The molecule has 0 aromatic heterocycles. The van der Waals surface area contributed by atoms with E-state index in [0.29, 0.717) is 13.2 Å². The third kappa shape index (κ3) is 4.40. The summed E-state index contributed by atoms with van der Waals surface area (Å²) in [6, 6.07) is 7.55. The van der Waals surface area contributed by atoms with E-state index in [9.17, 15) is 5.11 Å². The Morgan fingerprint density at radius 1 is 1.21 bits per heavy atom. The van der Waals surface area contributed by atoms with Crippen molar-refractivity contribution in [1.82, 2.24) is 0 Å². The normalized spacial score (nSPS) is 13.9. The van der Waals surface area contributed by atoms with Gasteiger partial charge in [-0.25, -0.2) is 0 Å². The van der Waals surface area contributed by atoms with E-state index < -0.39 is 0 Å². The van der Waals surface area contributed by atoms with Gasteiger partial charge in [0, 0.05) is 12.0 Å². The highest BCUT2D eigenvalue weighted by Gasteiger charge is 2.26. The van der Waals surface area contributed by atoms with Gasteiger partial charge in [0.05, 0.1) is 20.3 Å². The summed E-state index contributed by atoms with van der Waals surface area (Å²) in [4.78, 5) is 0. The third-order valence-electron chi connectivity index (χ3n) is 3.51. The summed E-state index contributed by atoms with van der Waals surface area (Å²) >= 11 is 0. The number of benzene rings is 1. The lowest BCUT2D eigenvalue weighted by atomic mass is 9.81. The van der Waals surface area contributed by atoms with E-state index in [-0.39, 0.29) is 12.0 Å². The Morgan fingerprint density at radius 2 is 1.89 bits per heavy atom. The number of aliphatic hydroxyl groups is 1. The van der Waals surface area contributed by atoms with Crippen LogP contribution in [0.5, 0.6) is 11.5 Å². The maximum atomic E-state index is 9.55. The molecule has 108 valence electrons. The summed E-state index contributed by atoms with van der Waals surface area (Å²) in [5.74, 6) is 1.45. The second kappa shape index (κ2) is 8.02. The minimum atomic E-state index is -0.225. The predicted octanol–water partition coefficient (Wildman–Crippen LogP) is 2.20. The monoisotopic (exact) mass is 267 g/mol. The first-order valence-electron chi connectivity index (χ1n) is 6.78. The first-order valence-corrected chi connectivity index (χ1v) is 6.78. The SMILES string of the molecule is CCCC(CN)(CO)CCOc1ccccc1OC. The second-order valence-corrected chi connectivity index (χ2v) is 4.86. The molecule has 4 nitrogen and oxygen atoms in total. The fourth-order valence-corrected chi connectivity index (χ4v) is 2.20. The Bertz CT molecular complexity index is 364. The smallest absolute Gasteiger partial charge is 0.161 e. The van der Waals surface area contributed by atoms with Gasteiger partial charge in [-0.05, 0) is 25.0 Å². The molecule has 1 unspecified atom stereocenters. The molecule has 0 spiro atoms. The van der Waals surface area contributed by atoms with Crippen molar-refractivity contribution in [2.45, 2.75) is 26.2 Å². The summed E-state index contributed by atoms with van der Waals surface area (Å²) in [6.07, 6.45) is 2.66. The molecule has 0 bridgehead atoms. The molecule has 0 radical (unpaired) electrons. The van der Waals surface area contributed by atoms with E-state index in [1.807, 2.05) is 24.3 Å². The number of para-hydroxylation sites is 2. The number of nitrogens with two attached hydrogens (primary N) is 1. The van der Waals surface area contributed by atoms with Gasteiger partial charge in [0.25, 0.3) is 0 Å². The van der Waals surface area contributed by atoms with E-state index in [4.69, 9.17) is 15.2 Å².